The summed E-state index contributed by atoms with van der Waals surface area (Å²) < 4.78 is 5.55. The zero-order valence-electron chi connectivity index (χ0n) is 16.0. The van der Waals surface area contributed by atoms with Crippen LogP contribution in [0, 0.1) is 18.3 Å². The summed E-state index contributed by atoms with van der Waals surface area (Å²) in [6, 6.07) is 18.3. The molecule has 4 rings (SSSR count). The third kappa shape index (κ3) is 3.95. The Morgan fingerprint density at radius 1 is 1.23 bits per heavy atom. The van der Waals surface area contributed by atoms with Gasteiger partial charge in [0.25, 0.3) is 0 Å². The lowest BCUT2D eigenvalue weighted by atomic mass is 10.1. The number of rotatable bonds is 6. The number of benzene rings is 1. The minimum absolute atomic E-state index is 0.227. The van der Waals surface area contributed by atoms with Crippen LogP contribution in [0.1, 0.15) is 26.4 Å². The predicted molar refractivity (Wildman–Crippen MR) is 115 cm³/mol. The van der Waals surface area contributed by atoms with Crippen molar-refractivity contribution < 1.29 is 14.3 Å². The summed E-state index contributed by atoms with van der Waals surface area (Å²) in [4.78, 5) is 17.9. The molecule has 30 heavy (non-hydrogen) atoms. The van der Waals surface area contributed by atoms with Crippen LogP contribution in [0.25, 0.3) is 21.9 Å². The van der Waals surface area contributed by atoms with Gasteiger partial charge in [0.05, 0.1) is 22.4 Å². The van der Waals surface area contributed by atoms with Gasteiger partial charge in [-0.15, -0.1) is 11.3 Å². The molecule has 4 aromatic rings. The predicted octanol–water partition coefficient (Wildman–Crippen LogP) is 5.56. The molecule has 148 valence electrons. The van der Waals surface area contributed by atoms with Crippen LogP contribution in [-0.4, -0.2) is 16.1 Å². The van der Waals surface area contributed by atoms with E-state index in [0.29, 0.717) is 29.2 Å². The number of thiophene rings is 1. The van der Waals surface area contributed by atoms with Gasteiger partial charge in [0.2, 0.25) is 0 Å². The molecule has 2 N–H and O–H groups in total. The molecule has 6 nitrogen and oxygen atoms in total. The largest absolute Gasteiger partial charge is 0.478 e. The molecule has 0 radical (unpaired) electrons. The van der Waals surface area contributed by atoms with Crippen LogP contribution < -0.4 is 5.32 Å². The van der Waals surface area contributed by atoms with E-state index in [0.717, 1.165) is 16.1 Å². The number of pyridine rings is 1. The van der Waals surface area contributed by atoms with E-state index in [2.05, 4.69) is 11.4 Å². The van der Waals surface area contributed by atoms with E-state index in [4.69, 9.17) is 14.5 Å². The van der Waals surface area contributed by atoms with Crippen molar-refractivity contribution in [2.24, 2.45) is 0 Å². The maximum atomic E-state index is 11.0. The standard InChI is InChI=1S/C23H17N3O3S/c1-14-4-9-21(30-14)19-11-17(20-3-2-10-29-20)18(12-24)22(26-19)25-13-15-5-7-16(8-6-15)23(27)28/h2-11H,13H2,1H3,(H,25,26)(H,27,28). The Bertz CT molecular complexity index is 1240. The Labute approximate surface area is 177 Å². The second kappa shape index (κ2) is 8.23. The monoisotopic (exact) mass is 415 g/mol. The normalized spacial score (nSPS) is 10.5. The van der Waals surface area contributed by atoms with E-state index in [1.54, 1.807) is 47.9 Å². The number of nitriles is 1. The van der Waals surface area contributed by atoms with Gasteiger partial charge < -0.3 is 14.8 Å². The van der Waals surface area contributed by atoms with Crippen molar-refractivity contribution in [3.05, 3.63) is 82.4 Å². The smallest absolute Gasteiger partial charge is 0.335 e. The van der Waals surface area contributed by atoms with Crippen LogP contribution in [0.3, 0.4) is 0 Å². The van der Waals surface area contributed by atoms with Gasteiger partial charge >= 0.3 is 5.97 Å². The van der Waals surface area contributed by atoms with E-state index in [-0.39, 0.29) is 5.56 Å². The van der Waals surface area contributed by atoms with Crippen molar-refractivity contribution in [2.75, 3.05) is 5.32 Å². The van der Waals surface area contributed by atoms with Crippen LogP contribution in [0.15, 0.2) is 65.3 Å². The van der Waals surface area contributed by atoms with Crippen molar-refractivity contribution in [1.82, 2.24) is 4.98 Å². The quantitative estimate of drug-likeness (QED) is 0.428. The topological polar surface area (TPSA) is 99.2 Å². The molecule has 0 unspecified atom stereocenters. The average molecular weight is 415 g/mol. The van der Waals surface area contributed by atoms with Crippen molar-refractivity contribution in [2.45, 2.75) is 13.5 Å². The Balaban J connectivity index is 1.72. The fourth-order valence-corrected chi connectivity index (χ4v) is 3.89. The number of hydrogen-bond donors (Lipinski definition) is 2. The first-order valence-corrected chi connectivity index (χ1v) is 9.98. The summed E-state index contributed by atoms with van der Waals surface area (Å²) in [5.41, 5.74) is 2.92. The van der Waals surface area contributed by atoms with Crippen LogP contribution >= 0.6 is 11.3 Å². The Hall–Kier alpha value is -3.89. The number of aromatic nitrogens is 1. The molecule has 7 heteroatoms. The third-order valence-corrected chi connectivity index (χ3v) is 5.59. The highest BCUT2D eigenvalue weighted by Gasteiger charge is 2.17. The molecular formula is C23H17N3O3S. The lowest BCUT2D eigenvalue weighted by Gasteiger charge is -2.12. The minimum atomic E-state index is -0.968. The van der Waals surface area contributed by atoms with Gasteiger partial charge in [-0.05, 0) is 55.0 Å². The molecule has 3 heterocycles. The number of nitrogens with one attached hydrogen (secondary N) is 1. The Morgan fingerprint density at radius 3 is 2.63 bits per heavy atom. The van der Waals surface area contributed by atoms with E-state index in [1.165, 1.54) is 4.88 Å². The number of hydrogen-bond acceptors (Lipinski definition) is 6. The molecule has 0 aliphatic rings. The molecule has 0 amide bonds. The number of furan rings is 1. The summed E-state index contributed by atoms with van der Waals surface area (Å²) in [7, 11) is 0. The molecule has 0 spiro atoms. The van der Waals surface area contributed by atoms with E-state index >= 15 is 0 Å². The molecule has 0 fully saturated rings. The number of anilines is 1. The van der Waals surface area contributed by atoms with E-state index < -0.39 is 5.97 Å². The SMILES string of the molecule is Cc1ccc(-c2cc(-c3ccco3)c(C#N)c(NCc3ccc(C(=O)O)cc3)n2)s1. The fraction of sp³-hybridized carbons (Fsp3) is 0.0870. The first-order chi connectivity index (χ1) is 14.5. The van der Waals surface area contributed by atoms with E-state index in [9.17, 15) is 10.1 Å². The number of carboxylic acid groups (broad SMARTS) is 1. The van der Waals surface area contributed by atoms with Gasteiger partial charge in [-0.2, -0.15) is 5.26 Å². The molecule has 0 saturated heterocycles. The van der Waals surface area contributed by atoms with Gasteiger partial charge in [-0.1, -0.05) is 12.1 Å². The van der Waals surface area contributed by atoms with Crippen molar-refractivity contribution in [3.63, 3.8) is 0 Å². The van der Waals surface area contributed by atoms with Gasteiger partial charge in [0.1, 0.15) is 23.2 Å². The second-order valence-corrected chi connectivity index (χ2v) is 7.92. The first kappa shape index (κ1) is 19.4. The molecule has 3 aromatic heterocycles. The minimum Gasteiger partial charge on any atom is -0.478 e. The van der Waals surface area contributed by atoms with Crippen LogP contribution in [0.2, 0.25) is 0 Å². The highest BCUT2D eigenvalue weighted by Crippen LogP contribution is 2.35. The number of carboxylic acids is 1. The third-order valence-electron chi connectivity index (χ3n) is 4.57. The maximum absolute atomic E-state index is 11.0. The summed E-state index contributed by atoms with van der Waals surface area (Å²) in [5, 5.41) is 22.1. The highest BCUT2D eigenvalue weighted by molar-refractivity contribution is 7.15. The molecule has 0 atom stereocenters. The number of aromatic carboxylic acids is 1. The molecule has 0 aliphatic carbocycles. The van der Waals surface area contributed by atoms with Gasteiger partial charge in [-0.25, -0.2) is 9.78 Å². The van der Waals surface area contributed by atoms with Gasteiger partial charge in [0, 0.05) is 17.0 Å². The number of aryl methyl sites for hydroxylation is 1. The summed E-state index contributed by atoms with van der Waals surface area (Å²) in [6.07, 6.45) is 1.57. The molecular weight excluding hydrogens is 398 g/mol. The zero-order chi connectivity index (χ0) is 21.1. The van der Waals surface area contributed by atoms with E-state index in [1.807, 2.05) is 31.2 Å². The van der Waals surface area contributed by atoms with Crippen LogP contribution in [0.5, 0.6) is 0 Å². The van der Waals surface area contributed by atoms with Crippen molar-refractivity contribution in [1.29, 1.82) is 5.26 Å². The molecule has 0 aliphatic heterocycles. The summed E-state index contributed by atoms with van der Waals surface area (Å²) in [6.45, 7) is 2.43. The average Bonchev–Trinajstić information content (AvgIpc) is 3.44. The number of carbonyl (C=O) groups is 1. The van der Waals surface area contributed by atoms with Crippen molar-refractivity contribution in [3.8, 4) is 28.0 Å². The molecule has 1 aromatic carbocycles. The highest BCUT2D eigenvalue weighted by atomic mass is 32.1. The van der Waals surface area contributed by atoms with Crippen molar-refractivity contribution >= 4 is 23.1 Å². The number of nitrogens with zero attached hydrogens (tertiary/aromatic N) is 2. The van der Waals surface area contributed by atoms with Crippen LogP contribution in [0.4, 0.5) is 5.82 Å². The summed E-state index contributed by atoms with van der Waals surface area (Å²) in [5.74, 6) is 0.0806. The molecule has 0 bridgehead atoms. The van der Waals surface area contributed by atoms with Crippen LogP contribution in [-0.2, 0) is 6.54 Å². The lowest BCUT2D eigenvalue weighted by molar-refractivity contribution is 0.0697. The molecule has 0 saturated carbocycles. The van der Waals surface area contributed by atoms with Gasteiger partial charge in [-0.3, -0.25) is 0 Å². The van der Waals surface area contributed by atoms with Gasteiger partial charge in [0.15, 0.2) is 0 Å². The zero-order valence-corrected chi connectivity index (χ0v) is 16.9. The summed E-state index contributed by atoms with van der Waals surface area (Å²) >= 11 is 1.63. The Kier molecular flexibility index (Phi) is 5.33. The lowest BCUT2D eigenvalue weighted by Crippen LogP contribution is -2.06. The second-order valence-electron chi connectivity index (χ2n) is 6.63. The first-order valence-electron chi connectivity index (χ1n) is 9.17. The maximum Gasteiger partial charge on any atom is 0.335 e. The Morgan fingerprint density at radius 2 is 2.03 bits per heavy atom. The fourth-order valence-electron chi connectivity index (χ4n) is 3.06.